The fourth-order valence-corrected chi connectivity index (χ4v) is 26.7. The summed E-state index contributed by atoms with van der Waals surface area (Å²) in [4.78, 5) is 4.74. The minimum absolute atomic E-state index is 0.286. The highest BCUT2D eigenvalue weighted by Crippen LogP contribution is 2.57. The van der Waals surface area contributed by atoms with Crippen LogP contribution in [0.1, 0.15) is 0 Å². The van der Waals surface area contributed by atoms with E-state index in [1.165, 1.54) is 41.5 Å². The Balaban J connectivity index is 0.972. The lowest BCUT2D eigenvalue weighted by molar-refractivity contribution is 1.29. The topological polar surface area (TPSA) is 77.8 Å². The van der Waals surface area contributed by atoms with Gasteiger partial charge in [-0.3, -0.25) is 0 Å². The molecule has 0 unspecified atom stereocenters. The van der Waals surface area contributed by atoms with Gasteiger partial charge in [0.05, 0.1) is 22.3 Å². The molecule has 0 saturated carbocycles. The van der Waals surface area contributed by atoms with Gasteiger partial charge in [-0.05, 0) is 113 Å². The highest BCUT2D eigenvalue weighted by Gasteiger charge is 2.50. The molecule has 5 nitrogen and oxygen atoms in total. The van der Waals surface area contributed by atoms with Crippen LogP contribution in [0.25, 0.3) is 0 Å². The second kappa shape index (κ2) is 18.8. The summed E-state index contributed by atoms with van der Waals surface area (Å²) in [6.07, 6.45) is 3.39. The summed E-state index contributed by atoms with van der Waals surface area (Å²) in [7, 11) is -5.66. The van der Waals surface area contributed by atoms with Crippen molar-refractivity contribution in [1.82, 2.24) is 0 Å². The number of fused-ring (bicyclic) bond motifs is 4. The van der Waals surface area contributed by atoms with Crippen molar-refractivity contribution >= 4 is 115 Å². The third-order valence-corrected chi connectivity index (χ3v) is 29.4. The van der Waals surface area contributed by atoms with E-state index in [9.17, 15) is 15.8 Å². The minimum atomic E-state index is -3.15. The molecule has 0 N–H and O–H groups in total. The Morgan fingerprint density at radius 1 is 0.303 bits per heavy atom. The Morgan fingerprint density at radius 3 is 0.895 bits per heavy atom. The summed E-state index contributed by atoms with van der Waals surface area (Å²) < 4.78 is 0. The van der Waals surface area contributed by atoms with Crippen LogP contribution in [0.5, 0.6) is 0 Å². The number of hydrogen-bond acceptors (Lipinski definition) is 5. The third kappa shape index (κ3) is 6.73. The van der Waals surface area contributed by atoms with Gasteiger partial charge < -0.3 is 9.80 Å². The quantitative estimate of drug-likeness (QED) is 0.112. The smallest absolute Gasteiger partial charge is 0.184 e. The number of allylic oxidation sites excluding steroid dienone is 4. The third-order valence-electron chi connectivity index (χ3n) is 15.7. The first kappa shape index (κ1) is 46.3. The molecule has 0 radical (unpaired) electrons. The Labute approximate surface area is 445 Å². The second-order valence-electron chi connectivity index (χ2n) is 19.3. The Kier molecular flexibility index (Phi) is 11.4. The van der Waals surface area contributed by atoms with Crippen molar-refractivity contribution in [2.75, 3.05) is 9.80 Å². The van der Waals surface area contributed by atoms with Crippen molar-refractivity contribution in [2.24, 2.45) is 0 Å². The van der Waals surface area contributed by atoms with Gasteiger partial charge in [0.2, 0.25) is 0 Å². The van der Waals surface area contributed by atoms with Gasteiger partial charge in [-0.2, -0.15) is 15.8 Å². The van der Waals surface area contributed by atoms with Crippen molar-refractivity contribution in [2.45, 2.75) is 0 Å². The molecule has 10 aromatic carbocycles. The van der Waals surface area contributed by atoms with Gasteiger partial charge in [0.15, 0.2) is 16.1 Å². The lowest BCUT2D eigenvalue weighted by atomic mass is 10.1. The molecule has 3 aliphatic heterocycles. The van der Waals surface area contributed by atoms with Gasteiger partial charge in [-0.15, -0.1) is 0 Å². The fourth-order valence-electron chi connectivity index (χ4n) is 12.7. The van der Waals surface area contributed by atoms with Crippen molar-refractivity contribution in [3.63, 3.8) is 0 Å². The number of anilines is 6. The molecule has 0 spiro atoms. The summed E-state index contributed by atoms with van der Waals surface area (Å²) in [6.45, 7) is -3.15. The van der Waals surface area contributed by atoms with Gasteiger partial charge >= 0.3 is 0 Å². The van der Waals surface area contributed by atoms with Crippen molar-refractivity contribution in [3.05, 3.63) is 290 Å². The molecule has 0 aromatic heterocycles. The predicted molar refractivity (Wildman–Crippen MR) is 321 cm³/mol. The first-order chi connectivity index (χ1) is 37.6. The van der Waals surface area contributed by atoms with E-state index >= 15 is 0 Å². The van der Waals surface area contributed by atoms with E-state index in [4.69, 9.17) is 0 Å². The molecule has 0 aliphatic carbocycles. The molecule has 356 valence electrons. The zero-order valence-electron chi connectivity index (χ0n) is 41.2. The van der Waals surface area contributed by atoms with Crippen molar-refractivity contribution in [3.8, 4) is 18.2 Å². The molecule has 0 amide bonds. The second-order valence-corrected chi connectivity index (χ2v) is 30.1. The molecule has 0 saturated heterocycles. The number of rotatable bonds is 8. The SMILES string of the molecule is N#CC1=CC(C#N)=P(c2ccc(N3c4ccccc4[Si](c4ccccc4)(c4ccccc4)c4ccccc43)cc2)(c2ccc(N3c4ccccc4[Si](c4ccccc4)(c4ccccc4)c4ccccc43)cc2)C(C#N)=C1. The number of para-hydroxylation sites is 4. The Bertz CT molecular complexity index is 3750. The zero-order chi connectivity index (χ0) is 51.3. The molecule has 0 atom stereocenters. The van der Waals surface area contributed by atoms with Crippen LogP contribution in [0, 0.1) is 34.0 Å². The normalized spacial score (nSPS) is 15.2. The average Bonchev–Trinajstić information content (AvgIpc) is 3.56. The Hall–Kier alpha value is -9.52. The summed E-state index contributed by atoms with van der Waals surface area (Å²) in [5.41, 5.74) is 6.66. The molecular weight excluding hydrogens is 974 g/mol. The predicted octanol–water partition coefficient (Wildman–Crippen LogP) is 9.54. The molecule has 76 heavy (non-hydrogen) atoms. The maximum Gasteiger partial charge on any atom is 0.184 e. The van der Waals surface area contributed by atoms with Crippen LogP contribution in [0.4, 0.5) is 34.1 Å². The van der Waals surface area contributed by atoms with Crippen LogP contribution in [-0.2, 0) is 0 Å². The van der Waals surface area contributed by atoms with Gasteiger partial charge in [-0.25, -0.2) is 0 Å². The monoisotopic (exact) mass is 1020 g/mol. The zero-order valence-corrected chi connectivity index (χ0v) is 44.1. The fraction of sp³-hybridized carbons (Fsp3) is 0. The van der Waals surface area contributed by atoms with Crippen LogP contribution >= 0.6 is 6.89 Å². The lowest BCUT2D eigenvalue weighted by Crippen LogP contribution is -2.77. The average molecular weight is 1020 g/mol. The number of nitriles is 3. The summed E-state index contributed by atoms with van der Waals surface area (Å²) in [5, 5.41) is 45.7. The van der Waals surface area contributed by atoms with Crippen LogP contribution in [-0.4, -0.2) is 21.4 Å². The summed E-state index contributed by atoms with van der Waals surface area (Å²) in [5.74, 6) is 0. The number of hydrogen-bond donors (Lipinski definition) is 0. The molecule has 3 heterocycles. The van der Waals surface area contributed by atoms with Crippen molar-refractivity contribution < 1.29 is 0 Å². The summed E-state index contributed by atoms with van der Waals surface area (Å²) in [6, 6.07) is 104. The first-order valence-electron chi connectivity index (χ1n) is 25.4. The van der Waals surface area contributed by atoms with E-state index in [0.29, 0.717) is 10.6 Å². The minimum Gasteiger partial charge on any atom is -0.311 e. The van der Waals surface area contributed by atoms with E-state index in [-0.39, 0.29) is 5.57 Å². The van der Waals surface area contributed by atoms with Crippen molar-refractivity contribution in [1.29, 1.82) is 15.8 Å². The molecule has 0 bridgehead atoms. The molecular formula is C68H46N5PSi2. The van der Waals surface area contributed by atoms with E-state index in [1.54, 1.807) is 12.2 Å². The van der Waals surface area contributed by atoms with Crippen LogP contribution in [0.2, 0.25) is 0 Å². The standard InChI is InChI=1S/C68H46N5PSi2/c69-47-50-45-55(48-70)74(56(46-50)49-71,53-41-37-51(38-42-53)72-61-29-13-17-33-65(61)75(57-21-5-1-6-22-57,58-23-7-2-8-24-58)66-34-18-14-30-62(66)72)54-43-39-52(40-44-54)73-63-31-15-19-35-67(63)76(59-25-9-3-10-26-59,60-27-11-4-12-28-60)68-36-20-16-32-64(68)73/h1-46H. The van der Waals surface area contributed by atoms with Gasteiger partial charge in [0.25, 0.3) is 0 Å². The van der Waals surface area contributed by atoms with E-state index in [2.05, 4.69) is 295 Å². The van der Waals surface area contributed by atoms with E-state index in [0.717, 1.165) is 44.7 Å². The molecule has 13 rings (SSSR count). The van der Waals surface area contributed by atoms with Gasteiger partial charge in [0.1, 0.15) is 12.1 Å². The van der Waals surface area contributed by atoms with Crippen LogP contribution in [0.15, 0.2) is 290 Å². The largest absolute Gasteiger partial charge is 0.311 e. The van der Waals surface area contributed by atoms with Gasteiger partial charge in [-0.1, -0.05) is 218 Å². The molecule has 8 heteroatoms. The highest BCUT2D eigenvalue weighted by molar-refractivity contribution is 7.93. The molecule has 10 aromatic rings. The number of benzene rings is 10. The molecule has 3 aliphatic rings. The van der Waals surface area contributed by atoms with Crippen LogP contribution < -0.4 is 61.9 Å². The maximum atomic E-state index is 11.2. The first-order valence-corrected chi connectivity index (χ1v) is 31.2. The summed E-state index contributed by atoms with van der Waals surface area (Å²) >= 11 is 0. The van der Waals surface area contributed by atoms with Crippen LogP contribution in [0.3, 0.4) is 0 Å². The van der Waals surface area contributed by atoms with E-state index < -0.39 is 23.0 Å². The van der Waals surface area contributed by atoms with E-state index in [1.807, 2.05) is 0 Å². The maximum absolute atomic E-state index is 11.2. The molecule has 0 fully saturated rings. The number of nitrogens with zero attached hydrogens (tertiary/aromatic N) is 5. The highest BCUT2D eigenvalue weighted by atomic mass is 31.2. The van der Waals surface area contributed by atoms with Gasteiger partial charge in [0, 0.05) is 41.0 Å². The lowest BCUT2D eigenvalue weighted by Gasteiger charge is -2.45. The Morgan fingerprint density at radius 2 is 0.605 bits per heavy atom.